The molecule has 154 valence electrons. The molecule has 3 heterocycles. The van der Waals surface area contributed by atoms with Crippen LogP contribution in [0.4, 0.5) is 0 Å². The van der Waals surface area contributed by atoms with Gasteiger partial charge in [-0.3, -0.25) is 14.1 Å². The highest BCUT2D eigenvalue weighted by Crippen LogP contribution is 2.24. The van der Waals surface area contributed by atoms with Gasteiger partial charge in [0.05, 0.1) is 29.8 Å². The number of fused-ring (bicyclic) bond motifs is 3. The van der Waals surface area contributed by atoms with Gasteiger partial charge >= 0.3 is 0 Å². The van der Waals surface area contributed by atoms with Crippen LogP contribution in [0.1, 0.15) is 5.56 Å². The molecule has 0 saturated carbocycles. The summed E-state index contributed by atoms with van der Waals surface area (Å²) in [5.41, 5.74) is 2.60. The molecule has 0 radical (unpaired) electrons. The molecule has 0 unspecified atom stereocenters. The van der Waals surface area contributed by atoms with E-state index in [1.165, 1.54) is 0 Å². The molecule has 0 spiro atoms. The van der Waals surface area contributed by atoms with Gasteiger partial charge in [0.25, 0.3) is 5.56 Å². The fraction of sp³-hybridized carbons (Fsp3) is 0.318. The minimum Gasteiger partial charge on any atom is -0.379 e. The molecule has 1 saturated heterocycles. The molecule has 7 nitrogen and oxygen atoms in total. The van der Waals surface area contributed by atoms with Gasteiger partial charge in [-0.05, 0) is 30.7 Å². The van der Waals surface area contributed by atoms with Gasteiger partial charge in [0.1, 0.15) is 0 Å². The second kappa shape index (κ2) is 8.22. The zero-order chi connectivity index (χ0) is 20.5. The van der Waals surface area contributed by atoms with Crippen molar-refractivity contribution in [2.75, 3.05) is 38.6 Å². The topological polar surface area (TPSA) is 64.7 Å². The first-order valence-corrected chi connectivity index (χ1v) is 11.1. The molecule has 0 amide bonds. The SMILES string of the molecule is Cc1ccccc1-n1c(=O)c2ccccc2n2c(SCCN3CCOCC3)nnc12. The smallest absolute Gasteiger partial charge is 0.267 e. The number of thioether (sulfide) groups is 1. The third-order valence-corrected chi connectivity index (χ3v) is 6.40. The van der Waals surface area contributed by atoms with Crippen molar-refractivity contribution in [3.8, 4) is 5.69 Å². The Bertz CT molecular complexity index is 1260. The molecule has 4 aromatic rings. The Morgan fingerprint density at radius 1 is 1.03 bits per heavy atom. The normalized spacial score (nSPS) is 15.2. The van der Waals surface area contributed by atoms with E-state index >= 15 is 0 Å². The van der Waals surface area contributed by atoms with Crippen LogP contribution >= 0.6 is 11.8 Å². The lowest BCUT2D eigenvalue weighted by atomic mass is 10.2. The zero-order valence-corrected chi connectivity index (χ0v) is 17.6. The van der Waals surface area contributed by atoms with Crippen molar-refractivity contribution < 1.29 is 4.74 Å². The molecule has 0 aliphatic carbocycles. The molecule has 5 rings (SSSR count). The molecule has 1 aliphatic rings. The van der Waals surface area contributed by atoms with Gasteiger partial charge in [-0.25, -0.2) is 4.57 Å². The number of aryl methyl sites for hydroxylation is 1. The Labute approximate surface area is 178 Å². The summed E-state index contributed by atoms with van der Waals surface area (Å²) in [5, 5.41) is 10.4. The van der Waals surface area contributed by atoms with Crippen LogP contribution < -0.4 is 5.56 Å². The highest BCUT2D eigenvalue weighted by atomic mass is 32.2. The molecule has 1 fully saturated rings. The highest BCUT2D eigenvalue weighted by Gasteiger charge is 2.19. The molecule has 0 bridgehead atoms. The number of aromatic nitrogens is 4. The van der Waals surface area contributed by atoms with Gasteiger partial charge in [0.2, 0.25) is 5.78 Å². The lowest BCUT2D eigenvalue weighted by Gasteiger charge is -2.26. The monoisotopic (exact) mass is 421 g/mol. The first kappa shape index (κ1) is 19.3. The number of hydrogen-bond donors (Lipinski definition) is 0. The Morgan fingerprint density at radius 2 is 1.80 bits per heavy atom. The number of nitrogens with zero attached hydrogens (tertiary/aromatic N) is 5. The van der Waals surface area contributed by atoms with E-state index in [1.54, 1.807) is 16.3 Å². The summed E-state index contributed by atoms with van der Waals surface area (Å²) in [5.74, 6) is 1.44. The predicted octanol–water partition coefficient (Wildman–Crippen LogP) is 2.77. The van der Waals surface area contributed by atoms with Crippen LogP contribution in [0.2, 0.25) is 0 Å². The van der Waals surface area contributed by atoms with Crippen LogP contribution in [0, 0.1) is 6.92 Å². The Balaban J connectivity index is 1.60. The lowest BCUT2D eigenvalue weighted by Crippen LogP contribution is -2.37. The minimum absolute atomic E-state index is 0.0790. The van der Waals surface area contributed by atoms with Crippen LogP contribution in [0.3, 0.4) is 0 Å². The first-order chi connectivity index (χ1) is 14.7. The Morgan fingerprint density at radius 3 is 2.63 bits per heavy atom. The van der Waals surface area contributed by atoms with Crippen LogP contribution in [0.5, 0.6) is 0 Å². The van der Waals surface area contributed by atoms with Crippen LogP contribution in [-0.4, -0.2) is 62.7 Å². The Kier molecular flexibility index (Phi) is 5.28. The summed E-state index contributed by atoms with van der Waals surface area (Å²) in [6, 6.07) is 15.5. The standard InChI is InChI=1S/C22H23N5O2S/c1-16-6-2-4-8-18(16)26-20(28)17-7-3-5-9-19(17)27-21(26)23-24-22(27)30-15-12-25-10-13-29-14-11-25/h2-9H,10-15H2,1H3. The summed E-state index contributed by atoms with van der Waals surface area (Å²) in [6.07, 6.45) is 0. The quantitative estimate of drug-likeness (QED) is 0.462. The van der Waals surface area contributed by atoms with E-state index in [-0.39, 0.29) is 5.56 Å². The molecule has 2 aromatic heterocycles. The molecule has 0 N–H and O–H groups in total. The van der Waals surface area contributed by atoms with Crippen molar-refractivity contribution in [1.82, 2.24) is 24.1 Å². The molecule has 0 atom stereocenters. The molecule has 2 aromatic carbocycles. The summed E-state index contributed by atoms with van der Waals surface area (Å²) in [6.45, 7) is 6.51. The van der Waals surface area contributed by atoms with E-state index in [1.807, 2.05) is 59.9 Å². The minimum atomic E-state index is -0.0790. The van der Waals surface area contributed by atoms with E-state index in [0.29, 0.717) is 11.2 Å². The largest absolute Gasteiger partial charge is 0.379 e. The lowest BCUT2D eigenvalue weighted by molar-refractivity contribution is 0.0410. The van der Waals surface area contributed by atoms with Crippen molar-refractivity contribution in [1.29, 1.82) is 0 Å². The second-order valence-electron chi connectivity index (χ2n) is 7.36. The van der Waals surface area contributed by atoms with Gasteiger partial charge in [-0.1, -0.05) is 42.1 Å². The average molecular weight is 422 g/mol. The third kappa shape index (κ3) is 3.40. The molecular weight excluding hydrogens is 398 g/mol. The highest BCUT2D eigenvalue weighted by molar-refractivity contribution is 7.99. The fourth-order valence-electron chi connectivity index (χ4n) is 3.89. The summed E-state index contributed by atoms with van der Waals surface area (Å²) >= 11 is 1.67. The molecule has 8 heteroatoms. The van der Waals surface area contributed by atoms with E-state index in [0.717, 1.165) is 60.5 Å². The van der Waals surface area contributed by atoms with E-state index in [4.69, 9.17) is 4.74 Å². The van der Waals surface area contributed by atoms with Crippen LogP contribution in [0.25, 0.3) is 22.4 Å². The zero-order valence-electron chi connectivity index (χ0n) is 16.8. The van der Waals surface area contributed by atoms with Crippen LogP contribution in [0.15, 0.2) is 58.5 Å². The van der Waals surface area contributed by atoms with Crippen molar-refractivity contribution in [3.05, 3.63) is 64.4 Å². The van der Waals surface area contributed by atoms with E-state index in [9.17, 15) is 4.79 Å². The first-order valence-electron chi connectivity index (χ1n) is 10.1. The van der Waals surface area contributed by atoms with E-state index in [2.05, 4.69) is 15.1 Å². The predicted molar refractivity (Wildman–Crippen MR) is 119 cm³/mol. The van der Waals surface area contributed by atoms with Crippen molar-refractivity contribution >= 4 is 28.4 Å². The second-order valence-corrected chi connectivity index (χ2v) is 8.43. The maximum atomic E-state index is 13.4. The number of rotatable bonds is 5. The number of ether oxygens (including phenoxy) is 1. The number of benzene rings is 2. The molecule has 30 heavy (non-hydrogen) atoms. The molecule has 1 aliphatic heterocycles. The number of para-hydroxylation sites is 2. The summed E-state index contributed by atoms with van der Waals surface area (Å²) in [7, 11) is 0. The van der Waals surface area contributed by atoms with Gasteiger partial charge in [-0.15, -0.1) is 10.2 Å². The van der Waals surface area contributed by atoms with Crippen LogP contribution in [-0.2, 0) is 4.74 Å². The number of morpholine rings is 1. The number of hydrogen-bond acceptors (Lipinski definition) is 6. The van der Waals surface area contributed by atoms with Gasteiger partial charge in [-0.2, -0.15) is 0 Å². The van der Waals surface area contributed by atoms with Crippen molar-refractivity contribution in [2.45, 2.75) is 12.1 Å². The summed E-state index contributed by atoms with van der Waals surface area (Å²) < 4.78 is 9.11. The third-order valence-electron chi connectivity index (χ3n) is 5.49. The van der Waals surface area contributed by atoms with Crippen molar-refractivity contribution in [2.24, 2.45) is 0 Å². The van der Waals surface area contributed by atoms with Gasteiger partial charge in [0.15, 0.2) is 5.16 Å². The van der Waals surface area contributed by atoms with Gasteiger partial charge in [0, 0.05) is 25.4 Å². The average Bonchev–Trinajstić information content (AvgIpc) is 3.20. The maximum Gasteiger partial charge on any atom is 0.267 e. The van der Waals surface area contributed by atoms with E-state index < -0.39 is 0 Å². The fourth-order valence-corrected chi connectivity index (χ4v) is 4.83. The van der Waals surface area contributed by atoms with Gasteiger partial charge < -0.3 is 4.74 Å². The Hall–Kier alpha value is -2.68. The van der Waals surface area contributed by atoms with Crippen molar-refractivity contribution in [3.63, 3.8) is 0 Å². The maximum absolute atomic E-state index is 13.4. The molecular formula is C22H23N5O2S. The summed E-state index contributed by atoms with van der Waals surface area (Å²) in [4.78, 5) is 15.8.